The van der Waals surface area contributed by atoms with Gasteiger partial charge in [0.1, 0.15) is 0 Å². The van der Waals surface area contributed by atoms with Gasteiger partial charge in [-0.3, -0.25) is 4.79 Å². The molecule has 0 heterocycles. The van der Waals surface area contributed by atoms with Crippen molar-refractivity contribution in [1.29, 1.82) is 0 Å². The minimum Gasteiger partial charge on any atom is -0.376 e. The first-order chi connectivity index (χ1) is 10.1. The lowest BCUT2D eigenvalue weighted by Crippen LogP contribution is -2.22. The average Bonchev–Trinajstić information content (AvgIpc) is 2.48. The number of rotatable bonds is 5. The highest BCUT2D eigenvalue weighted by atomic mass is 79.9. The van der Waals surface area contributed by atoms with Crippen LogP contribution in [0.15, 0.2) is 46.9 Å². The van der Waals surface area contributed by atoms with Crippen LogP contribution < -0.4 is 10.6 Å². The summed E-state index contributed by atoms with van der Waals surface area (Å²) in [4.78, 5) is 12.0. The van der Waals surface area contributed by atoms with Gasteiger partial charge in [0.2, 0.25) is 5.91 Å². The molecule has 0 unspecified atom stereocenters. The maximum absolute atomic E-state index is 12.0. The molecule has 0 saturated heterocycles. The molecule has 110 valence electrons. The van der Waals surface area contributed by atoms with E-state index in [4.69, 9.17) is 0 Å². The van der Waals surface area contributed by atoms with E-state index in [-0.39, 0.29) is 12.5 Å². The van der Waals surface area contributed by atoms with Gasteiger partial charge in [0, 0.05) is 15.8 Å². The lowest BCUT2D eigenvalue weighted by molar-refractivity contribution is -0.114. The second kappa shape index (κ2) is 7.27. The Morgan fingerprint density at radius 3 is 2.62 bits per heavy atom. The predicted octanol–water partition coefficient (Wildman–Crippen LogP) is 4.37. The van der Waals surface area contributed by atoms with Gasteiger partial charge in [-0.15, -0.1) is 0 Å². The molecule has 0 saturated carbocycles. The third-order valence-electron chi connectivity index (χ3n) is 3.31. The SMILES string of the molecule is CCc1cc(Br)ccc1NCC(=O)Nc1ccccc1C. The molecule has 0 aliphatic rings. The molecule has 0 aromatic heterocycles. The topological polar surface area (TPSA) is 41.1 Å². The fourth-order valence-corrected chi connectivity index (χ4v) is 2.52. The second-order valence-corrected chi connectivity index (χ2v) is 5.79. The van der Waals surface area contributed by atoms with Crippen LogP contribution in [0.1, 0.15) is 18.1 Å². The zero-order valence-electron chi connectivity index (χ0n) is 12.2. The Kier molecular flexibility index (Phi) is 5.39. The van der Waals surface area contributed by atoms with Crippen molar-refractivity contribution in [2.24, 2.45) is 0 Å². The van der Waals surface area contributed by atoms with Crippen LogP contribution in [0.4, 0.5) is 11.4 Å². The van der Waals surface area contributed by atoms with E-state index in [0.29, 0.717) is 0 Å². The van der Waals surface area contributed by atoms with Crippen LogP contribution in [-0.4, -0.2) is 12.5 Å². The van der Waals surface area contributed by atoms with Crippen molar-refractivity contribution in [3.8, 4) is 0 Å². The number of nitrogens with one attached hydrogen (secondary N) is 2. The quantitative estimate of drug-likeness (QED) is 0.843. The summed E-state index contributed by atoms with van der Waals surface area (Å²) in [6.45, 7) is 4.33. The van der Waals surface area contributed by atoms with Crippen molar-refractivity contribution in [3.63, 3.8) is 0 Å². The Balaban J connectivity index is 1.97. The summed E-state index contributed by atoms with van der Waals surface area (Å²) in [6.07, 6.45) is 0.918. The van der Waals surface area contributed by atoms with E-state index in [1.807, 2.05) is 43.3 Å². The molecule has 0 atom stereocenters. The van der Waals surface area contributed by atoms with Gasteiger partial charge >= 0.3 is 0 Å². The van der Waals surface area contributed by atoms with E-state index in [1.54, 1.807) is 0 Å². The summed E-state index contributed by atoms with van der Waals surface area (Å²) in [7, 11) is 0. The Bertz CT molecular complexity index is 640. The maximum atomic E-state index is 12.0. The van der Waals surface area contributed by atoms with E-state index >= 15 is 0 Å². The molecule has 2 aromatic carbocycles. The first-order valence-corrected chi connectivity index (χ1v) is 7.77. The number of aryl methyl sites for hydroxylation is 2. The number of anilines is 2. The summed E-state index contributed by atoms with van der Waals surface area (Å²) < 4.78 is 1.05. The van der Waals surface area contributed by atoms with Crippen molar-refractivity contribution in [2.75, 3.05) is 17.2 Å². The summed E-state index contributed by atoms with van der Waals surface area (Å²) >= 11 is 3.46. The number of hydrogen-bond donors (Lipinski definition) is 2. The van der Waals surface area contributed by atoms with E-state index in [1.165, 1.54) is 5.56 Å². The zero-order valence-corrected chi connectivity index (χ0v) is 13.8. The number of halogens is 1. The molecule has 0 fully saturated rings. The molecule has 0 bridgehead atoms. The monoisotopic (exact) mass is 346 g/mol. The standard InChI is InChI=1S/C17H19BrN2O/c1-3-13-10-14(18)8-9-16(13)19-11-17(21)20-15-7-5-4-6-12(15)2/h4-10,19H,3,11H2,1-2H3,(H,20,21). The lowest BCUT2D eigenvalue weighted by Gasteiger charge is -2.12. The van der Waals surface area contributed by atoms with Crippen molar-refractivity contribution in [2.45, 2.75) is 20.3 Å². The lowest BCUT2D eigenvalue weighted by atomic mass is 10.1. The maximum Gasteiger partial charge on any atom is 0.243 e. The number of para-hydroxylation sites is 1. The third kappa shape index (κ3) is 4.33. The molecular formula is C17H19BrN2O. The van der Waals surface area contributed by atoms with Gasteiger partial charge in [-0.2, -0.15) is 0 Å². The van der Waals surface area contributed by atoms with Crippen LogP contribution in [0.5, 0.6) is 0 Å². The van der Waals surface area contributed by atoms with E-state index in [2.05, 4.69) is 39.6 Å². The smallest absolute Gasteiger partial charge is 0.243 e. The van der Waals surface area contributed by atoms with E-state index < -0.39 is 0 Å². The summed E-state index contributed by atoms with van der Waals surface area (Å²) in [5.74, 6) is -0.0470. The molecule has 2 aromatic rings. The molecule has 3 nitrogen and oxygen atoms in total. The van der Waals surface area contributed by atoms with Crippen LogP contribution in [0.2, 0.25) is 0 Å². The minimum atomic E-state index is -0.0470. The summed E-state index contributed by atoms with van der Waals surface area (Å²) in [5.41, 5.74) is 4.10. The second-order valence-electron chi connectivity index (χ2n) is 4.87. The molecule has 2 N–H and O–H groups in total. The number of benzene rings is 2. The Labute approximate surface area is 133 Å². The van der Waals surface area contributed by atoms with Gasteiger partial charge in [-0.1, -0.05) is 41.1 Å². The first kappa shape index (κ1) is 15.6. The Morgan fingerprint density at radius 2 is 1.90 bits per heavy atom. The Morgan fingerprint density at radius 1 is 1.14 bits per heavy atom. The molecule has 0 radical (unpaired) electrons. The number of amides is 1. The predicted molar refractivity (Wildman–Crippen MR) is 91.8 cm³/mol. The minimum absolute atomic E-state index is 0.0470. The number of carbonyl (C=O) groups is 1. The average molecular weight is 347 g/mol. The normalized spacial score (nSPS) is 10.2. The molecule has 0 aliphatic carbocycles. The molecule has 4 heteroatoms. The first-order valence-electron chi connectivity index (χ1n) is 6.98. The van der Waals surface area contributed by atoms with Crippen LogP contribution in [0.25, 0.3) is 0 Å². The fourth-order valence-electron chi connectivity index (χ4n) is 2.11. The van der Waals surface area contributed by atoms with Crippen LogP contribution in [0, 0.1) is 6.92 Å². The van der Waals surface area contributed by atoms with Gasteiger partial charge < -0.3 is 10.6 Å². The Hall–Kier alpha value is -1.81. The van der Waals surface area contributed by atoms with Crippen molar-refractivity contribution < 1.29 is 4.79 Å². The summed E-state index contributed by atoms with van der Waals surface area (Å²) in [6, 6.07) is 13.8. The van der Waals surface area contributed by atoms with Crippen LogP contribution >= 0.6 is 15.9 Å². The number of carbonyl (C=O) groups excluding carboxylic acids is 1. The van der Waals surface area contributed by atoms with Crippen molar-refractivity contribution in [3.05, 3.63) is 58.1 Å². The zero-order chi connectivity index (χ0) is 15.2. The summed E-state index contributed by atoms with van der Waals surface area (Å²) in [5, 5.41) is 6.12. The highest BCUT2D eigenvalue weighted by Gasteiger charge is 2.06. The van der Waals surface area contributed by atoms with E-state index in [9.17, 15) is 4.79 Å². The van der Waals surface area contributed by atoms with Crippen LogP contribution in [0.3, 0.4) is 0 Å². The van der Waals surface area contributed by atoms with Gasteiger partial charge in [0.05, 0.1) is 6.54 Å². The van der Waals surface area contributed by atoms with Crippen molar-refractivity contribution in [1.82, 2.24) is 0 Å². The molecule has 1 amide bonds. The highest BCUT2D eigenvalue weighted by molar-refractivity contribution is 9.10. The van der Waals surface area contributed by atoms with Crippen molar-refractivity contribution >= 4 is 33.2 Å². The highest BCUT2D eigenvalue weighted by Crippen LogP contribution is 2.21. The van der Waals surface area contributed by atoms with Crippen LogP contribution in [-0.2, 0) is 11.2 Å². The molecule has 2 rings (SSSR count). The van der Waals surface area contributed by atoms with Gasteiger partial charge in [-0.05, 0) is 48.7 Å². The fraction of sp³-hybridized carbons (Fsp3) is 0.235. The van der Waals surface area contributed by atoms with Gasteiger partial charge in [0.15, 0.2) is 0 Å². The van der Waals surface area contributed by atoms with E-state index in [0.717, 1.165) is 27.8 Å². The molecular weight excluding hydrogens is 328 g/mol. The molecule has 21 heavy (non-hydrogen) atoms. The van der Waals surface area contributed by atoms with Gasteiger partial charge in [0.25, 0.3) is 0 Å². The largest absolute Gasteiger partial charge is 0.376 e. The third-order valence-corrected chi connectivity index (χ3v) is 3.80. The molecule has 0 aliphatic heterocycles. The molecule has 0 spiro atoms. The number of hydrogen-bond acceptors (Lipinski definition) is 2. The van der Waals surface area contributed by atoms with Gasteiger partial charge in [-0.25, -0.2) is 0 Å².